The van der Waals surface area contributed by atoms with Crippen molar-refractivity contribution in [3.8, 4) is 0 Å². The highest BCUT2D eigenvalue weighted by molar-refractivity contribution is 7.98. The molecule has 5 heteroatoms. The Labute approximate surface area is 117 Å². The van der Waals surface area contributed by atoms with Crippen LogP contribution in [0.1, 0.15) is 26.5 Å². The Morgan fingerprint density at radius 2 is 2.39 bits per heavy atom. The lowest BCUT2D eigenvalue weighted by molar-refractivity contribution is 0.0798. The average Bonchev–Trinajstić information content (AvgIpc) is 2.81. The third kappa shape index (κ3) is 3.28. The van der Waals surface area contributed by atoms with Gasteiger partial charge in [-0.05, 0) is 43.8 Å². The molecule has 0 fully saturated rings. The fourth-order valence-corrected chi connectivity index (χ4v) is 4.40. The van der Waals surface area contributed by atoms with Gasteiger partial charge in [-0.2, -0.15) is 11.8 Å². The lowest BCUT2D eigenvalue weighted by Crippen LogP contribution is -2.28. The maximum absolute atomic E-state index is 12.3. The summed E-state index contributed by atoms with van der Waals surface area (Å²) in [6.45, 7) is 1.77. The second kappa shape index (κ2) is 6.59. The van der Waals surface area contributed by atoms with Crippen LogP contribution in [0.15, 0.2) is 6.07 Å². The summed E-state index contributed by atoms with van der Waals surface area (Å²) in [7, 11) is 3.83. The number of thioether (sulfide) groups is 1. The van der Waals surface area contributed by atoms with Gasteiger partial charge in [-0.3, -0.25) is 4.79 Å². The number of hydrogen-bond donors (Lipinski definition) is 1. The molecule has 0 radical (unpaired) electrons. The van der Waals surface area contributed by atoms with Gasteiger partial charge in [0.15, 0.2) is 0 Å². The van der Waals surface area contributed by atoms with E-state index in [4.69, 9.17) is 0 Å². The molecule has 1 aromatic heterocycles. The van der Waals surface area contributed by atoms with Crippen LogP contribution >= 0.6 is 23.1 Å². The van der Waals surface area contributed by atoms with Crippen LogP contribution in [0.4, 0.5) is 0 Å². The number of aryl methyl sites for hydroxylation is 1. The summed E-state index contributed by atoms with van der Waals surface area (Å²) in [5.74, 6) is 2.44. The molecule has 0 saturated heterocycles. The van der Waals surface area contributed by atoms with E-state index in [1.54, 1.807) is 11.3 Å². The second-order valence-electron chi connectivity index (χ2n) is 4.55. The van der Waals surface area contributed by atoms with E-state index in [-0.39, 0.29) is 5.91 Å². The summed E-state index contributed by atoms with van der Waals surface area (Å²) < 4.78 is 0. The number of nitrogens with one attached hydrogen (secondary N) is 1. The van der Waals surface area contributed by atoms with Crippen molar-refractivity contribution < 1.29 is 4.79 Å². The minimum absolute atomic E-state index is 0.176. The number of hydrogen-bond acceptors (Lipinski definition) is 4. The number of carbonyl (C=O) groups is 1. The molecule has 0 bridgehead atoms. The molecule has 1 amide bonds. The van der Waals surface area contributed by atoms with Crippen LogP contribution < -0.4 is 5.32 Å². The molecule has 1 N–H and O–H groups in total. The monoisotopic (exact) mass is 284 g/mol. The summed E-state index contributed by atoms with van der Waals surface area (Å²) in [6.07, 6.45) is 2.13. The smallest absolute Gasteiger partial charge is 0.263 e. The van der Waals surface area contributed by atoms with E-state index in [0.29, 0.717) is 0 Å². The molecule has 0 aliphatic carbocycles. The predicted molar refractivity (Wildman–Crippen MR) is 79.7 cm³/mol. The lowest BCUT2D eigenvalue weighted by Gasteiger charge is -2.15. The van der Waals surface area contributed by atoms with Crippen molar-refractivity contribution in [3.05, 3.63) is 21.4 Å². The zero-order chi connectivity index (χ0) is 13.0. The largest absolute Gasteiger partial charge is 0.341 e. The van der Waals surface area contributed by atoms with Crippen molar-refractivity contribution in [1.82, 2.24) is 10.2 Å². The van der Waals surface area contributed by atoms with Gasteiger partial charge in [0.1, 0.15) is 0 Å². The number of carbonyl (C=O) groups excluding carboxylic acids is 1. The van der Waals surface area contributed by atoms with E-state index < -0.39 is 0 Å². The Balaban J connectivity index is 1.97. The van der Waals surface area contributed by atoms with E-state index >= 15 is 0 Å². The standard InChI is InChI=1S/C13H20N2OS2/c1-14-5-3-6-15(2)13(16)12-8-10-9-17-7-4-11(10)18-12/h8,14H,3-7,9H2,1-2H3. The van der Waals surface area contributed by atoms with Crippen molar-refractivity contribution in [2.45, 2.75) is 18.6 Å². The number of fused-ring (bicyclic) bond motifs is 1. The van der Waals surface area contributed by atoms with E-state index in [9.17, 15) is 4.79 Å². The van der Waals surface area contributed by atoms with Gasteiger partial charge in [0.2, 0.25) is 0 Å². The first kappa shape index (κ1) is 13.9. The van der Waals surface area contributed by atoms with Crippen LogP contribution in [0.5, 0.6) is 0 Å². The van der Waals surface area contributed by atoms with Gasteiger partial charge in [0.05, 0.1) is 4.88 Å². The van der Waals surface area contributed by atoms with Gasteiger partial charge >= 0.3 is 0 Å². The van der Waals surface area contributed by atoms with Crippen molar-refractivity contribution in [3.63, 3.8) is 0 Å². The quantitative estimate of drug-likeness (QED) is 0.842. The molecule has 0 aromatic carbocycles. The number of nitrogens with zero attached hydrogens (tertiary/aromatic N) is 1. The molecular weight excluding hydrogens is 264 g/mol. The van der Waals surface area contributed by atoms with Gasteiger partial charge in [0.25, 0.3) is 5.91 Å². The van der Waals surface area contributed by atoms with Crippen molar-refractivity contribution >= 4 is 29.0 Å². The molecule has 1 aromatic rings. The minimum atomic E-state index is 0.176. The summed E-state index contributed by atoms with van der Waals surface area (Å²) in [5, 5.41) is 3.10. The molecule has 2 heterocycles. The van der Waals surface area contributed by atoms with Crippen molar-refractivity contribution in [2.75, 3.05) is 32.9 Å². The van der Waals surface area contributed by atoms with Gasteiger partial charge in [-0.15, -0.1) is 11.3 Å². The normalized spacial score (nSPS) is 14.3. The Kier molecular flexibility index (Phi) is 5.09. The zero-order valence-electron chi connectivity index (χ0n) is 11.0. The molecule has 0 atom stereocenters. The highest BCUT2D eigenvalue weighted by Crippen LogP contribution is 2.32. The topological polar surface area (TPSA) is 32.3 Å². The SMILES string of the molecule is CNCCCN(C)C(=O)c1cc2c(s1)CCSC2. The van der Waals surface area contributed by atoms with Crippen LogP contribution in [0, 0.1) is 0 Å². The maximum Gasteiger partial charge on any atom is 0.263 e. The highest BCUT2D eigenvalue weighted by Gasteiger charge is 2.19. The maximum atomic E-state index is 12.3. The number of thiophene rings is 1. The summed E-state index contributed by atoms with van der Waals surface area (Å²) in [5.41, 5.74) is 1.38. The first-order valence-electron chi connectivity index (χ1n) is 6.31. The predicted octanol–water partition coefficient (Wildman–Crippen LogP) is 2.22. The first-order chi connectivity index (χ1) is 8.72. The Morgan fingerprint density at radius 3 is 3.11 bits per heavy atom. The summed E-state index contributed by atoms with van der Waals surface area (Å²) in [4.78, 5) is 16.4. The Morgan fingerprint density at radius 1 is 1.56 bits per heavy atom. The Hall–Kier alpha value is -0.520. The van der Waals surface area contributed by atoms with Crippen LogP contribution in [0.25, 0.3) is 0 Å². The van der Waals surface area contributed by atoms with Crippen molar-refractivity contribution in [1.29, 1.82) is 0 Å². The molecule has 100 valence electrons. The summed E-state index contributed by atoms with van der Waals surface area (Å²) in [6, 6.07) is 2.10. The van der Waals surface area contributed by atoms with Gasteiger partial charge in [-0.25, -0.2) is 0 Å². The van der Waals surface area contributed by atoms with Crippen LogP contribution in [-0.4, -0.2) is 43.7 Å². The fraction of sp³-hybridized carbons (Fsp3) is 0.615. The summed E-state index contributed by atoms with van der Waals surface area (Å²) >= 11 is 3.65. The fourth-order valence-electron chi connectivity index (χ4n) is 2.04. The Bertz CT molecular complexity index is 394. The first-order valence-corrected chi connectivity index (χ1v) is 8.29. The molecule has 18 heavy (non-hydrogen) atoms. The zero-order valence-corrected chi connectivity index (χ0v) is 12.6. The molecule has 1 aliphatic heterocycles. The van der Waals surface area contributed by atoms with Gasteiger partial charge in [-0.1, -0.05) is 0 Å². The van der Waals surface area contributed by atoms with E-state index in [0.717, 1.165) is 36.6 Å². The second-order valence-corrected chi connectivity index (χ2v) is 6.79. The number of rotatable bonds is 5. The van der Waals surface area contributed by atoms with Crippen LogP contribution in [0.2, 0.25) is 0 Å². The molecule has 0 saturated carbocycles. The highest BCUT2D eigenvalue weighted by atomic mass is 32.2. The molecule has 0 spiro atoms. The van der Waals surface area contributed by atoms with Crippen LogP contribution in [-0.2, 0) is 12.2 Å². The molecule has 1 aliphatic rings. The van der Waals surface area contributed by atoms with Gasteiger partial charge < -0.3 is 10.2 Å². The van der Waals surface area contributed by atoms with Gasteiger partial charge in [0, 0.05) is 24.2 Å². The molecular formula is C13H20N2OS2. The lowest BCUT2D eigenvalue weighted by atomic mass is 10.2. The van der Waals surface area contributed by atoms with Crippen LogP contribution in [0.3, 0.4) is 0 Å². The molecule has 2 rings (SSSR count). The molecule has 3 nitrogen and oxygen atoms in total. The van der Waals surface area contributed by atoms with E-state index in [1.165, 1.54) is 16.2 Å². The van der Waals surface area contributed by atoms with E-state index in [1.807, 2.05) is 30.8 Å². The third-order valence-electron chi connectivity index (χ3n) is 3.11. The number of amides is 1. The molecule has 0 unspecified atom stereocenters. The third-order valence-corrected chi connectivity index (χ3v) is 5.34. The van der Waals surface area contributed by atoms with Crippen molar-refractivity contribution in [2.24, 2.45) is 0 Å². The minimum Gasteiger partial charge on any atom is -0.341 e. The van der Waals surface area contributed by atoms with E-state index in [2.05, 4.69) is 11.4 Å². The average molecular weight is 284 g/mol.